The summed E-state index contributed by atoms with van der Waals surface area (Å²) in [6.07, 6.45) is 0. The van der Waals surface area contributed by atoms with Crippen LogP contribution in [-0.4, -0.2) is 23.9 Å². The van der Waals surface area contributed by atoms with Crippen LogP contribution in [0.1, 0.15) is 31.1 Å². The van der Waals surface area contributed by atoms with E-state index in [1.807, 2.05) is 20.8 Å². The third-order valence-corrected chi connectivity index (χ3v) is 2.48. The number of nitrogens with two attached hydrogens (primary N) is 1. The fourth-order valence-electron chi connectivity index (χ4n) is 1.67. The third-order valence-electron chi connectivity index (χ3n) is 2.48. The van der Waals surface area contributed by atoms with E-state index in [0.29, 0.717) is 24.7 Å². The first-order valence-corrected chi connectivity index (χ1v) is 5.80. The first-order chi connectivity index (χ1) is 7.95. The highest BCUT2D eigenvalue weighted by atomic mass is 19.1. The number of amides is 1. The molecule has 0 aromatic heterocycles. The van der Waals surface area contributed by atoms with Gasteiger partial charge in [0.05, 0.1) is 5.56 Å². The molecule has 0 radical (unpaired) electrons. The predicted octanol–water partition coefficient (Wildman–Crippen LogP) is 2.53. The van der Waals surface area contributed by atoms with Crippen molar-refractivity contribution in [3.63, 3.8) is 0 Å². The number of hydrogen-bond acceptors (Lipinski definition) is 2. The van der Waals surface area contributed by atoms with Crippen molar-refractivity contribution in [3.8, 4) is 0 Å². The molecule has 1 rings (SSSR count). The summed E-state index contributed by atoms with van der Waals surface area (Å²) in [5.74, 6) is -0.480. The molecule has 0 aliphatic carbocycles. The molecule has 2 N–H and O–H groups in total. The fraction of sp³-hybridized carbons (Fsp3) is 0.462. The molecule has 4 heteroatoms. The van der Waals surface area contributed by atoms with Gasteiger partial charge in [-0.2, -0.15) is 0 Å². The Morgan fingerprint density at radius 3 is 2.59 bits per heavy atom. The van der Waals surface area contributed by atoms with Crippen LogP contribution in [0.25, 0.3) is 0 Å². The largest absolute Gasteiger partial charge is 0.399 e. The van der Waals surface area contributed by atoms with Gasteiger partial charge >= 0.3 is 0 Å². The normalized spacial score (nSPS) is 10.6. The minimum Gasteiger partial charge on any atom is -0.399 e. The van der Waals surface area contributed by atoms with E-state index in [1.165, 1.54) is 12.1 Å². The zero-order valence-corrected chi connectivity index (χ0v) is 10.5. The summed E-state index contributed by atoms with van der Waals surface area (Å²) in [4.78, 5) is 13.7. The second-order valence-corrected chi connectivity index (χ2v) is 4.48. The van der Waals surface area contributed by atoms with E-state index in [1.54, 1.807) is 11.0 Å². The first kappa shape index (κ1) is 13.5. The second-order valence-electron chi connectivity index (χ2n) is 4.48. The number of halogens is 1. The molecular weight excluding hydrogens is 219 g/mol. The Morgan fingerprint density at radius 2 is 2.12 bits per heavy atom. The molecule has 94 valence electrons. The molecule has 0 atom stereocenters. The molecule has 1 aromatic carbocycles. The maximum absolute atomic E-state index is 13.6. The van der Waals surface area contributed by atoms with Crippen LogP contribution in [-0.2, 0) is 0 Å². The Bertz CT molecular complexity index is 404. The van der Waals surface area contributed by atoms with Crippen LogP contribution in [0.4, 0.5) is 10.1 Å². The lowest BCUT2D eigenvalue weighted by Crippen LogP contribution is -2.34. The SMILES string of the molecule is CCN(CC(C)C)C(=O)c1ccc(N)cc1F. The van der Waals surface area contributed by atoms with Gasteiger partial charge in [0.25, 0.3) is 5.91 Å². The number of hydrogen-bond donors (Lipinski definition) is 1. The second kappa shape index (κ2) is 5.66. The molecule has 1 amide bonds. The molecule has 0 bridgehead atoms. The smallest absolute Gasteiger partial charge is 0.256 e. The lowest BCUT2D eigenvalue weighted by molar-refractivity contribution is 0.0741. The summed E-state index contributed by atoms with van der Waals surface area (Å²) in [6.45, 7) is 7.13. The number of nitrogen functional groups attached to an aromatic ring is 1. The van der Waals surface area contributed by atoms with Gasteiger partial charge in [-0.3, -0.25) is 4.79 Å². The zero-order valence-electron chi connectivity index (χ0n) is 10.5. The molecule has 0 heterocycles. The van der Waals surface area contributed by atoms with Gasteiger partial charge in [-0.25, -0.2) is 4.39 Å². The van der Waals surface area contributed by atoms with E-state index in [-0.39, 0.29) is 11.5 Å². The monoisotopic (exact) mass is 238 g/mol. The van der Waals surface area contributed by atoms with Gasteiger partial charge in [0.2, 0.25) is 0 Å². The number of nitrogens with zero attached hydrogens (tertiary/aromatic N) is 1. The summed E-state index contributed by atoms with van der Waals surface area (Å²) in [5.41, 5.74) is 5.86. The lowest BCUT2D eigenvalue weighted by Gasteiger charge is -2.23. The maximum Gasteiger partial charge on any atom is 0.256 e. The fourth-order valence-corrected chi connectivity index (χ4v) is 1.67. The summed E-state index contributed by atoms with van der Waals surface area (Å²) < 4.78 is 13.6. The minimum atomic E-state index is -0.558. The van der Waals surface area contributed by atoms with Crippen LogP contribution in [0, 0.1) is 11.7 Å². The van der Waals surface area contributed by atoms with Crippen LogP contribution in [0.5, 0.6) is 0 Å². The van der Waals surface area contributed by atoms with E-state index in [9.17, 15) is 9.18 Å². The van der Waals surface area contributed by atoms with E-state index < -0.39 is 5.82 Å². The van der Waals surface area contributed by atoms with Crippen LogP contribution in [0.15, 0.2) is 18.2 Å². The summed E-state index contributed by atoms with van der Waals surface area (Å²) in [7, 11) is 0. The first-order valence-electron chi connectivity index (χ1n) is 5.80. The van der Waals surface area contributed by atoms with Crippen LogP contribution in [0.2, 0.25) is 0 Å². The van der Waals surface area contributed by atoms with Gasteiger partial charge in [-0.1, -0.05) is 13.8 Å². The molecule has 0 fully saturated rings. The van der Waals surface area contributed by atoms with E-state index >= 15 is 0 Å². The molecule has 3 nitrogen and oxygen atoms in total. The molecule has 0 saturated carbocycles. The number of rotatable bonds is 4. The van der Waals surface area contributed by atoms with Crippen molar-refractivity contribution in [2.45, 2.75) is 20.8 Å². The lowest BCUT2D eigenvalue weighted by atomic mass is 10.1. The Hall–Kier alpha value is -1.58. The Labute approximate surface area is 101 Å². The van der Waals surface area contributed by atoms with Crippen LogP contribution < -0.4 is 5.73 Å². The summed E-state index contributed by atoms with van der Waals surface area (Å²) in [5, 5.41) is 0. The topological polar surface area (TPSA) is 46.3 Å². The van der Waals surface area contributed by atoms with Crippen molar-refractivity contribution >= 4 is 11.6 Å². The van der Waals surface area contributed by atoms with Gasteiger partial charge in [0.15, 0.2) is 0 Å². The molecule has 0 aliphatic heterocycles. The summed E-state index contributed by atoms with van der Waals surface area (Å²) in [6, 6.07) is 4.16. The van der Waals surface area contributed by atoms with Crippen molar-refractivity contribution in [1.82, 2.24) is 4.90 Å². The molecule has 0 unspecified atom stereocenters. The van der Waals surface area contributed by atoms with Crippen molar-refractivity contribution in [2.75, 3.05) is 18.8 Å². The summed E-state index contributed by atoms with van der Waals surface area (Å²) >= 11 is 0. The highest BCUT2D eigenvalue weighted by Gasteiger charge is 2.18. The maximum atomic E-state index is 13.6. The van der Waals surface area contributed by atoms with Gasteiger partial charge in [0, 0.05) is 18.8 Å². The molecule has 17 heavy (non-hydrogen) atoms. The highest BCUT2D eigenvalue weighted by Crippen LogP contribution is 2.15. The Kier molecular flexibility index (Phi) is 4.49. The molecule has 1 aromatic rings. The zero-order chi connectivity index (χ0) is 13.0. The molecular formula is C13H19FN2O. The number of benzene rings is 1. The average Bonchev–Trinajstić information content (AvgIpc) is 2.24. The van der Waals surface area contributed by atoms with E-state index in [0.717, 1.165) is 0 Å². The van der Waals surface area contributed by atoms with Gasteiger partial charge < -0.3 is 10.6 Å². The van der Waals surface area contributed by atoms with E-state index in [2.05, 4.69) is 0 Å². The van der Waals surface area contributed by atoms with Crippen LogP contribution >= 0.6 is 0 Å². The van der Waals surface area contributed by atoms with Crippen molar-refractivity contribution < 1.29 is 9.18 Å². The minimum absolute atomic E-state index is 0.0849. The standard InChI is InChI=1S/C13H19FN2O/c1-4-16(8-9(2)3)13(17)11-6-5-10(15)7-12(11)14/h5-7,9H,4,8,15H2,1-3H3. The Morgan fingerprint density at radius 1 is 1.47 bits per heavy atom. The number of carbonyl (C=O) groups is 1. The quantitative estimate of drug-likeness (QED) is 0.819. The van der Waals surface area contributed by atoms with Gasteiger partial charge in [0.1, 0.15) is 5.82 Å². The number of anilines is 1. The third kappa shape index (κ3) is 3.44. The molecule has 0 saturated heterocycles. The van der Waals surface area contributed by atoms with Crippen molar-refractivity contribution in [3.05, 3.63) is 29.6 Å². The molecule has 0 aliphatic rings. The predicted molar refractivity (Wildman–Crippen MR) is 67.2 cm³/mol. The van der Waals surface area contributed by atoms with E-state index in [4.69, 9.17) is 5.73 Å². The van der Waals surface area contributed by atoms with Crippen molar-refractivity contribution in [1.29, 1.82) is 0 Å². The molecule has 0 spiro atoms. The highest BCUT2D eigenvalue weighted by molar-refractivity contribution is 5.94. The van der Waals surface area contributed by atoms with Gasteiger partial charge in [-0.15, -0.1) is 0 Å². The Balaban J connectivity index is 2.93. The van der Waals surface area contributed by atoms with Crippen LogP contribution in [0.3, 0.4) is 0 Å². The number of carbonyl (C=O) groups excluding carboxylic acids is 1. The average molecular weight is 238 g/mol. The van der Waals surface area contributed by atoms with Gasteiger partial charge in [-0.05, 0) is 31.0 Å². The van der Waals surface area contributed by atoms with Crippen molar-refractivity contribution in [2.24, 2.45) is 5.92 Å².